The summed E-state index contributed by atoms with van der Waals surface area (Å²) < 4.78 is 28.5. The zero-order chi connectivity index (χ0) is 17.5. The first-order chi connectivity index (χ1) is 11.3. The topological polar surface area (TPSA) is 64.4 Å². The van der Waals surface area contributed by atoms with Crippen LogP contribution in [0.1, 0.15) is 5.56 Å². The van der Waals surface area contributed by atoms with Gasteiger partial charge < -0.3 is 4.90 Å². The fourth-order valence-corrected chi connectivity index (χ4v) is 4.96. The molecule has 5 nitrogen and oxygen atoms in total. The van der Waals surface area contributed by atoms with E-state index in [0.29, 0.717) is 18.8 Å². The normalized spacial score (nSPS) is 14.2. The molecule has 0 fully saturated rings. The molecule has 0 amide bonds. The largest absolute Gasteiger partial charge is 0.371 e. The second kappa shape index (κ2) is 6.28. The SMILES string of the molecule is CN1CCN(S(=O)(=O)c2cc(C#N)ccc2Cl)c2ccc(Br)cc21. The number of halogens is 2. The summed E-state index contributed by atoms with van der Waals surface area (Å²) in [6.07, 6.45) is 0. The lowest BCUT2D eigenvalue weighted by Gasteiger charge is -2.36. The van der Waals surface area contributed by atoms with Crippen LogP contribution in [0.3, 0.4) is 0 Å². The Morgan fingerprint density at radius 1 is 1.17 bits per heavy atom. The van der Waals surface area contributed by atoms with Crippen LogP contribution in [-0.4, -0.2) is 28.6 Å². The number of sulfonamides is 1. The zero-order valence-corrected chi connectivity index (χ0v) is 15.9. The third-order valence-electron chi connectivity index (χ3n) is 3.88. The van der Waals surface area contributed by atoms with Crippen molar-refractivity contribution >= 4 is 48.9 Å². The minimum absolute atomic E-state index is 0.0540. The summed E-state index contributed by atoms with van der Waals surface area (Å²) in [5.41, 5.74) is 1.65. The molecule has 0 atom stereocenters. The average molecular weight is 427 g/mol. The lowest BCUT2D eigenvalue weighted by atomic mass is 10.2. The van der Waals surface area contributed by atoms with E-state index < -0.39 is 10.0 Å². The smallest absolute Gasteiger partial charge is 0.265 e. The predicted octanol–water partition coefficient (Wildman–Crippen LogP) is 3.62. The second-order valence-electron chi connectivity index (χ2n) is 5.39. The van der Waals surface area contributed by atoms with Gasteiger partial charge in [-0.1, -0.05) is 27.5 Å². The van der Waals surface area contributed by atoms with E-state index in [-0.39, 0.29) is 15.5 Å². The summed E-state index contributed by atoms with van der Waals surface area (Å²) in [4.78, 5) is 1.95. The number of likely N-dealkylation sites (N-methyl/N-ethyl adjacent to an activating group) is 1. The molecule has 24 heavy (non-hydrogen) atoms. The molecule has 2 aromatic carbocycles. The number of benzene rings is 2. The molecule has 124 valence electrons. The Balaban J connectivity index is 2.16. The highest BCUT2D eigenvalue weighted by Gasteiger charge is 2.32. The summed E-state index contributed by atoms with van der Waals surface area (Å²) in [6, 6.07) is 11.6. The minimum atomic E-state index is -3.87. The number of nitriles is 1. The van der Waals surface area contributed by atoms with Crippen molar-refractivity contribution in [1.82, 2.24) is 0 Å². The van der Waals surface area contributed by atoms with Crippen molar-refractivity contribution in [3.05, 3.63) is 51.5 Å². The Kier molecular flexibility index (Phi) is 4.47. The summed E-state index contributed by atoms with van der Waals surface area (Å²) in [5, 5.41) is 9.14. The molecule has 1 aliphatic heterocycles. The number of nitrogens with zero attached hydrogens (tertiary/aromatic N) is 3. The predicted molar refractivity (Wildman–Crippen MR) is 98.1 cm³/mol. The van der Waals surface area contributed by atoms with Crippen molar-refractivity contribution in [3.63, 3.8) is 0 Å². The van der Waals surface area contributed by atoms with Crippen molar-refractivity contribution < 1.29 is 8.42 Å². The van der Waals surface area contributed by atoms with E-state index in [0.717, 1.165) is 10.2 Å². The Morgan fingerprint density at radius 3 is 2.62 bits per heavy atom. The van der Waals surface area contributed by atoms with Crippen molar-refractivity contribution in [2.45, 2.75) is 4.90 Å². The van der Waals surface area contributed by atoms with Crippen LogP contribution in [0.5, 0.6) is 0 Å². The quantitative estimate of drug-likeness (QED) is 0.736. The molecule has 0 saturated carbocycles. The summed E-state index contributed by atoms with van der Waals surface area (Å²) in [6.45, 7) is 0.860. The molecule has 0 spiro atoms. The second-order valence-corrected chi connectivity index (χ2v) is 8.54. The van der Waals surface area contributed by atoms with Crippen molar-refractivity contribution in [2.24, 2.45) is 0 Å². The first-order valence-electron chi connectivity index (χ1n) is 7.07. The molecule has 0 saturated heterocycles. The summed E-state index contributed by atoms with van der Waals surface area (Å²) in [5.74, 6) is 0. The summed E-state index contributed by atoms with van der Waals surface area (Å²) >= 11 is 9.52. The van der Waals surface area contributed by atoms with Gasteiger partial charge in [-0.2, -0.15) is 5.26 Å². The standard InChI is InChI=1S/C16H13BrClN3O2S/c1-20-6-7-21(14-5-3-12(17)9-15(14)20)24(22,23)16-8-11(10-19)2-4-13(16)18/h2-5,8-9H,6-7H2,1H3. The van der Waals surface area contributed by atoms with E-state index in [2.05, 4.69) is 15.9 Å². The van der Waals surface area contributed by atoms with Crippen molar-refractivity contribution in [2.75, 3.05) is 29.3 Å². The van der Waals surface area contributed by atoms with Gasteiger partial charge in [0.1, 0.15) is 4.90 Å². The van der Waals surface area contributed by atoms with Gasteiger partial charge in [0, 0.05) is 18.1 Å². The average Bonchev–Trinajstić information content (AvgIpc) is 2.55. The van der Waals surface area contributed by atoms with E-state index in [4.69, 9.17) is 16.9 Å². The lowest BCUT2D eigenvalue weighted by Crippen LogP contribution is -2.42. The minimum Gasteiger partial charge on any atom is -0.371 e. The molecular weight excluding hydrogens is 414 g/mol. The van der Waals surface area contributed by atoms with Crippen LogP contribution in [0.2, 0.25) is 5.02 Å². The molecule has 0 bridgehead atoms. The van der Waals surface area contributed by atoms with E-state index >= 15 is 0 Å². The molecule has 3 rings (SSSR count). The van der Waals surface area contributed by atoms with Crippen molar-refractivity contribution in [3.8, 4) is 6.07 Å². The maximum absolute atomic E-state index is 13.1. The monoisotopic (exact) mass is 425 g/mol. The highest BCUT2D eigenvalue weighted by molar-refractivity contribution is 9.10. The molecular formula is C16H13BrClN3O2S. The maximum Gasteiger partial charge on any atom is 0.265 e. The van der Waals surface area contributed by atoms with E-state index in [9.17, 15) is 8.42 Å². The third kappa shape index (κ3) is 2.86. The Bertz CT molecular complexity index is 956. The molecule has 0 aromatic heterocycles. The van der Waals surface area contributed by atoms with Crippen LogP contribution >= 0.6 is 27.5 Å². The van der Waals surface area contributed by atoms with Gasteiger partial charge in [0.15, 0.2) is 0 Å². The van der Waals surface area contributed by atoms with Gasteiger partial charge in [0.05, 0.1) is 34.6 Å². The number of hydrogen-bond donors (Lipinski definition) is 0. The molecule has 2 aromatic rings. The van der Waals surface area contributed by atoms with Gasteiger partial charge in [-0.05, 0) is 36.4 Å². The van der Waals surface area contributed by atoms with Crippen LogP contribution in [0.4, 0.5) is 11.4 Å². The highest BCUT2D eigenvalue weighted by atomic mass is 79.9. The lowest BCUT2D eigenvalue weighted by molar-refractivity contribution is 0.589. The molecule has 0 radical (unpaired) electrons. The van der Waals surface area contributed by atoms with Crippen LogP contribution in [0.25, 0.3) is 0 Å². The number of rotatable bonds is 2. The molecule has 1 aliphatic rings. The van der Waals surface area contributed by atoms with E-state index in [1.165, 1.54) is 22.5 Å². The van der Waals surface area contributed by atoms with Gasteiger partial charge in [-0.3, -0.25) is 4.31 Å². The van der Waals surface area contributed by atoms with Crippen LogP contribution in [-0.2, 0) is 10.0 Å². The third-order valence-corrected chi connectivity index (χ3v) is 6.67. The number of hydrogen-bond acceptors (Lipinski definition) is 4. The Labute approximate surface area is 154 Å². The Morgan fingerprint density at radius 2 is 1.92 bits per heavy atom. The molecule has 0 aliphatic carbocycles. The summed E-state index contributed by atoms with van der Waals surface area (Å²) in [7, 11) is -1.95. The van der Waals surface area contributed by atoms with Gasteiger partial charge in [-0.25, -0.2) is 8.42 Å². The number of fused-ring (bicyclic) bond motifs is 1. The van der Waals surface area contributed by atoms with Crippen LogP contribution in [0, 0.1) is 11.3 Å². The number of anilines is 2. The first kappa shape index (κ1) is 17.1. The molecule has 0 N–H and O–H groups in total. The van der Waals surface area contributed by atoms with Crippen LogP contribution in [0.15, 0.2) is 45.8 Å². The maximum atomic E-state index is 13.1. The van der Waals surface area contributed by atoms with Gasteiger partial charge in [-0.15, -0.1) is 0 Å². The molecule has 0 unspecified atom stereocenters. The van der Waals surface area contributed by atoms with E-state index in [1.807, 2.05) is 24.1 Å². The van der Waals surface area contributed by atoms with Gasteiger partial charge >= 0.3 is 0 Å². The fourth-order valence-electron chi connectivity index (χ4n) is 2.63. The fraction of sp³-hybridized carbons (Fsp3) is 0.188. The zero-order valence-electron chi connectivity index (χ0n) is 12.7. The van der Waals surface area contributed by atoms with Crippen molar-refractivity contribution in [1.29, 1.82) is 5.26 Å². The Hall–Kier alpha value is -1.75. The van der Waals surface area contributed by atoms with E-state index in [1.54, 1.807) is 12.1 Å². The molecule has 8 heteroatoms. The van der Waals surface area contributed by atoms with Crippen LogP contribution < -0.4 is 9.21 Å². The highest BCUT2D eigenvalue weighted by Crippen LogP contribution is 2.38. The molecule has 1 heterocycles. The first-order valence-corrected chi connectivity index (χ1v) is 9.69. The van der Waals surface area contributed by atoms with Gasteiger partial charge in [0.2, 0.25) is 0 Å². The van der Waals surface area contributed by atoms with Gasteiger partial charge in [0.25, 0.3) is 10.0 Å².